The fourth-order valence-electron chi connectivity index (χ4n) is 4.04. The second-order valence-electron chi connectivity index (χ2n) is 8.22. The smallest absolute Gasteiger partial charge is 0.318 e. The van der Waals surface area contributed by atoms with E-state index in [4.69, 9.17) is 0 Å². The fourth-order valence-corrected chi connectivity index (χ4v) is 4.31. The molecule has 28 heavy (non-hydrogen) atoms. The average Bonchev–Trinajstić information content (AvgIpc) is 2.68. The molecule has 2 atom stereocenters. The number of urea groups is 1. The molecule has 4 nitrogen and oxygen atoms in total. The van der Waals surface area contributed by atoms with Crippen LogP contribution in [0.15, 0.2) is 59.1 Å². The minimum atomic E-state index is -0.539. The first-order valence-corrected chi connectivity index (χ1v) is 10.4. The van der Waals surface area contributed by atoms with Crippen molar-refractivity contribution in [2.24, 2.45) is 5.41 Å². The number of amides is 2. The van der Waals surface area contributed by atoms with Crippen molar-refractivity contribution in [3.8, 4) is 6.07 Å². The van der Waals surface area contributed by atoms with E-state index in [1.165, 1.54) is 0 Å². The van der Waals surface area contributed by atoms with Crippen LogP contribution in [-0.4, -0.2) is 17.5 Å². The molecule has 0 spiro atoms. The van der Waals surface area contributed by atoms with Gasteiger partial charge in [0.2, 0.25) is 0 Å². The maximum atomic E-state index is 13.2. The maximum absolute atomic E-state index is 13.2. The average molecular weight is 440 g/mol. The molecule has 1 aliphatic rings. The number of nitrogens with zero attached hydrogens (tertiary/aromatic N) is 2. The molecule has 0 saturated carbocycles. The lowest BCUT2D eigenvalue weighted by molar-refractivity contribution is 0.109. The van der Waals surface area contributed by atoms with Crippen molar-refractivity contribution in [3.05, 3.63) is 70.2 Å². The molecule has 1 heterocycles. The molecular formula is C23H26BrN3O. The van der Waals surface area contributed by atoms with E-state index >= 15 is 0 Å². The molecular weight excluding hydrogens is 414 g/mol. The van der Waals surface area contributed by atoms with Crippen LogP contribution in [0.3, 0.4) is 0 Å². The van der Waals surface area contributed by atoms with Crippen LogP contribution in [0.1, 0.15) is 50.8 Å². The highest BCUT2D eigenvalue weighted by molar-refractivity contribution is 9.10. The van der Waals surface area contributed by atoms with Gasteiger partial charge in [-0.15, -0.1) is 0 Å². The summed E-state index contributed by atoms with van der Waals surface area (Å²) in [6.45, 7) is 6.55. The molecule has 1 fully saturated rings. The molecule has 0 aromatic heterocycles. The summed E-state index contributed by atoms with van der Waals surface area (Å²) >= 11 is 3.46. The van der Waals surface area contributed by atoms with Crippen LogP contribution in [0.2, 0.25) is 0 Å². The highest BCUT2D eigenvalue weighted by Crippen LogP contribution is 2.40. The zero-order valence-electron chi connectivity index (χ0n) is 16.6. The van der Waals surface area contributed by atoms with E-state index in [0.29, 0.717) is 13.0 Å². The number of carbonyl (C=O) groups excluding carboxylic acids is 1. The summed E-state index contributed by atoms with van der Waals surface area (Å²) in [7, 11) is 0. The predicted molar refractivity (Wildman–Crippen MR) is 115 cm³/mol. The fraction of sp³-hybridized carbons (Fsp3) is 0.391. The Bertz CT molecular complexity index is 873. The number of hydrogen-bond acceptors (Lipinski definition) is 2. The van der Waals surface area contributed by atoms with Crippen molar-refractivity contribution < 1.29 is 4.79 Å². The van der Waals surface area contributed by atoms with Crippen LogP contribution < -0.4 is 5.32 Å². The Hall–Kier alpha value is -2.32. The zero-order valence-corrected chi connectivity index (χ0v) is 18.2. The molecule has 2 amide bonds. The van der Waals surface area contributed by atoms with Crippen molar-refractivity contribution in [3.63, 3.8) is 0 Å². The molecule has 0 radical (unpaired) electrons. The van der Waals surface area contributed by atoms with E-state index in [1.807, 2.05) is 73.3 Å². The lowest BCUT2D eigenvalue weighted by Gasteiger charge is -2.46. The number of rotatable bonds is 5. The summed E-state index contributed by atoms with van der Waals surface area (Å²) in [5, 5.41) is 12.9. The number of halogens is 1. The molecule has 5 heteroatoms. The molecule has 1 N–H and O–H groups in total. The van der Waals surface area contributed by atoms with E-state index in [-0.39, 0.29) is 12.1 Å². The SMILES string of the molecule is C[C@@H](c1ccc(Br)cc1)N1CCC(CC(C)(C)C#N)(c2ccccc2)NC1=O. The maximum Gasteiger partial charge on any atom is 0.318 e. The van der Waals surface area contributed by atoms with Crippen molar-refractivity contribution in [2.45, 2.75) is 45.2 Å². The number of carbonyl (C=O) groups is 1. The Morgan fingerprint density at radius 1 is 1.21 bits per heavy atom. The molecule has 2 aromatic rings. The topological polar surface area (TPSA) is 56.1 Å². The summed E-state index contributed by atoms with van der Waals surface area (Å²) in [4.78, 5) is 15.0. The van der Waals surface area contributed by atoms with E-state index in [2.05, 4.69) is 34.2 Å². The Morgan fingerprint density at radius 2 is 1.86 bits per heavy atom. The van der Waals surface area contributed by atoms with Gasteiger partial charge in [-0.1, -0.05) is 58.4 Å². The monoisotopic (exact) mass is 439 g/mol. The van der Waals surface area contributed by atoms with E-state index in [9.17, 15) is 10.1 Å². The van der Waals surface area contributed by atoms with Gasteiger partial charge in [0.15, 0.2) is 0 Å². The van der Waals surface area contributed by atoms with Gasteiger partial charge < -0.3 is 10.2 Å². The second kappa shape index (κ2) is 7.97. The third kappa shape index (κ3) is 4.23. The van der Waals surface area contributed by atoms with E-state index < -0.39 is 11.0 Å². The quantitative estimate of drug-likeness (QED) is 0.643. The van der Waals surface area contributed by atoms with Gasteiger partial charge in [-0.3, -0.25) is 0 Å². The molecule has 1 unspecified atom stereocenters. The standard InChI is InChI=1S/C23H26BrN3O/c1-17(18-9-11-20(24)12-10-18)27-14-13-23(26-21(27)28,15-22(2,3)16-25)19-7-5-4-6-8-19/h4-12,17H,13-15H2,1-3H3,(H,26,28)/t17-,23?/m0/s1. The van der Waals surface area contributed by atoms with E-state index in [0.717, 1.165) is 22.0 Å². The molecule has 1 aliphatic heterocycles. The van der Waals surface area contributed by atoms with Crippen LogP contribution in [-0.2, 0) is 5.54 Å². The molecule has 146 valence electrons. The summed E-state index contributed by atoms with van der Waals surface area (Å²) < 4.78 is 1.02. The summed E-state index contributed by atoms with van der Waals surface area (Å²) in [5.41, 5.74) is 1.08. The van der Waals surface area contributed by atoms with Crippen molar-refractivity contribution in [1.29, 1.82) is 5.26 Å². The second-order valence-corrected chi connectivity index (χ2v) is 9.14. The molecule has 0 bridgehead atoms. The Labute approximate surface area is 175 Å². The van der Waals surface area contributed by atoms with Crippen molar-refractivity contribution in [2.75, 3.05) is 6.54 Å². The lowest BCUT2D eigenvalue weighted by atomic mass is 9.73. The van der Waals surface area contributed by atoms with Gasteiger partial charge in [-0.25, -0.2) is 4.79 Å². The molecule has 3 rings (SSSR count). The predicted octanol–water partition coefficient (Wildman–Crippen LogP) is 5.76. The van der Waals surface area contributed by atoms with Gasteiger partial charge in [0.1, 0.15) is 0 Å². The zero-order chi connectivity index (χ0) is 20.4. The highest BCUT2D eigenvalue weighted by atomic mass is 79.9. The van der Waals surface area contributed by atoms with Gasteiger partial charge in [-0.05, 0) is 56.9 Å². The molecule has 0 aliphatic carbocycles. The van der Waals surface area contributed by atoms with Gasteiger partial charge in [0.25, 0.3) is 0 Å². The Kier molecular flexibility index (Phi) is 5.81. The summed E-state index contributed by atoms with van der Waals surface area (Å²) in [6, 6.07) is 20.4. The number of nitriles is 1. The molecule has 2 aromatic carbocycles. The van der Waals surface area contributed by atoms with Crippen LogP contribution in [0.5, 0.6) is 0 Å². The first-order chi connectivity index (χ1) is 13.3. The summed E-state index contributed by atoms with van der Waals surface area (Å²) in [5.74, 6) is 0. The first kappa shape index (κ1) is 20.4. The third-order valence-electron chi connectivity index (χ3n) is 5.58. The Balaban J connectivity index is 1.88. The van der Waals surface area contributed by atoms with E-state index in [1.54, 1.807) is 0 Å². The minimum absolute atomic E-state index is 0.0224. The lowest BCUT2D eigenvalue weighted by Crippen LogP contribution is -2.59. The van der Waals surface area contributed by atoms with Gasteiger partial charge in [-0.2, -0.15) is 5.26 Å². The normalized spacial score (nSPS) is 21.0. The summed E-state index contributed by atoms with van der Waals surface area (Å²) in [6.07, 6.45) is 1.33. The van der Waals surface area contributed by atoms with Gasteiger partial charge >= 0.3 is 6.03 Å². The highest BCUT2D eigenvalue weighted by Gasteiger charge is 2.44. The van der Waals surface area contributed by atoms with Crippen molar-refractivity contribution >= 4 is 22.0 Å². The minimum Gasteiger partial charge on any atom is -0.328 e. The van der Waals surface area contributed by atoms with Crippen LogP contribution in [0.4, 0.5) is 4.79 Å². The van der Waals surface area contributed by atoms with Crippen LogP contribution in [0, 0.1) is 16.7 Å². The molecule has 1 saturated heterocycles. The number of nitrogens with one attached hydrogen (secondary N) is 1. The van der Waals surface area contributed by atoms with Gasteiger partial charge in [0, 0.05) is 11.0 Å². The van der Waals surface area contributed by atoms with Crippen molar-refractivity contribution in [1.82, 2.24) is 10.2 Å². The number of hydrogen-bond donors (Lipinski definition) is 1. The van der Waals surface area contributed by atoms with Crippen LogP contribution in [0.25, 0.3) is 0 Å². The Morgan fingerprint density at radius 3 is 2.43 bits per heavy atom. The van der Waals surface area contributed by atoms with Crippen LogP contribution >= 0.6 is 15.9 Å². The number of benzene rings is 2. The third-order valence-corrected chi connectivity index (χ3v) is 6.11. The van der Waals surface area contributed by atoms with Gasteiger partial charge in [0.05, 0.1) is 23.1 Å². The largest absolute Gasteiger partial charge is 0.328 e. The first-order valence-electron chi connectivity index (χ1n) is 9.57.